The zero-order valence-corrected chi connectivity index (χ0v) is 12.7. The second-order valence-electron chi connectivity index (χ2n) is 6.14. The van der Waals surface area contributed by atoms with Crippen LogP contribution in [-0.4, -0.2) is 23.9 Å². The summed E-state index contributed by atoms with van der Waals surface area (Å²) in [6.45, 7) is 0.932. The number of carbonyl (C=O) groups excluding carboxylic acids is 1. The molecule has 24 heavy (non-hydrogen) atoms. The van der Waals surface area contributed by atoms with E-state index in [-0.39, 0.29) is 6.54 Å². The summed E-state index contributed by atoms with van der Waals surface area (Å²) in [5.74, 6) is -4.60. The lowest BCUT2D eigenvalue weighted by molar-refractivity contribution is -0.0283. The third-order valence-corrected chi connectivity index (χ3v) is 4.79. The van der Waals surface area contributed by atoms with Crippen molar-refractivity contribution >= 4 is 5.91 Å². The van der Waals surface area contributed by atoms with E-state index in [1.807, 2.05) is 24.3 Å². The molecule has 4 rings (SSSR count). The highest BCUT2D eigenvalue weighted by Crippen LogP contribution is 2.43. The Labute approximate surface area is 136 Å². The van der Waals surface area contributed by atoms with Gasteiger partial charge >= 0.3 is 0 Å². The van der Waals surface area contributed by atoms with E-state index in [9.17, 15) is 18.0 Å². The van der Waals surface area contributed by atoms with Crippen LogP contribution >= 0.6 is 0 Å². The van der Waals surface area contributed by atoms with Crippen LogP contribution in [0.4, 0.5) is 13.2 Å². The Hall–Kier alpha value is -2.34. The molecular weight excluding hydrogens is 319 g/mol. The second-order valence-corrected chi connectivity index (χ2v) is 6.14. The monoisotopic (exact) mass is 333 g/mol. The molecule has 1 fully saturated rings. The molecular formula is C18H14F3NO2. The van der Waals surface area contributed by atoms with Crippen LogP contribution in [0, 0.1) is 17.5 Å². The molecule has 0 aliphatic carbocycles. The van der Waals surface area contributed by atoms with Crippen molar-refractivity contribution in [2.45, 2.75) is 18.6 Å². The minimum atomic E-state index is -1.45. The Balaban J connectivity index is 1.65. The summed E-state index contributed by atoms with van der Waals surface area (Å²) in [4.78, 5) is 13.8. The van der Waals surface area contributed by atoms with Gasteiger partial charge in [0.2, 0.25) is 0 Å². The topological polar surface area (TPSA) is 29.5 Å². The Bertz CT molecular complexity index is 839. The lowest BCUT2D eigenvalue weighted by Gasteiger charge is -2.25. The van der Waals surface area contributed by atoms with Crippen molar-refractivity contribution in [2.75, 3.05) is 13.1 Å². The molecule has 3 nitrogen and oxygen atoms in total. The minimum absolute atomic E-state index is 0.193. The molecule has 6 heteroatoms. The number of hydrogen-bond donors (Lipinski definition) is 0. The van der Waals surface area contributed by atoms with E-state index in [1.54, 1.807) is 0 Å². The van der Waals surface area contributed by atoms with Gasteiger partial charge in [0.1, 0.15) is 17.0 Å². The predicted molar refractivity (Wildman–Crippen MR) is 79.7 cm³/mol. The van der Waals surface area contributed by atoms with Crippen molar-refractivity contribution in [3.63, 3.8) is 0 Å². The van der Waals surface area contributed by atoms with Crippen LogP contribution in [0.3, 0.4) is 0 Å². The fourth-order valence-electron chi connectivity index (χ4n) is 3.56. The zero-order valence-electron chi connectivity index (χ0n) is 12.7. The molecule has 2 heterocycles. The Morgan fingerprint density at radius 1 is 1.08 bits per heavy atom. The Kier molecular flexibility index (Phi) is 3.38. The number of benzene rings is 2. The van der Waals surface area contributed by atoms with Crippen LogP contribution in [0.1, 0.15) is 27.9 Å². The molecule has 2 aliphatic heterocycles. The van der Waals surface area contributed by atoms with Gasteiger partial charge in [-0.1, -0.05) is 24.3 Å². The molecule has 0 saturated carbocycles. The summed E-state index contributed by atoms with van der Waals surface area (Å²) in [5.41, 5.74) is 0.556. The van der Waals surface area contributed by atoms with Gasteiger partial charge in [0.25, 0.3) is 5.91 Å². The normalized spacial score (nSPS) is 22.2. The molecule has 124 valence electrons. The average molecular weight is 333 g/mol. The average Bonchev–Trinajstić information content (AvgIpc) is 3.18. The number of carbonyl (C=O) groups is 1. The molecule has 2 aromatic rings. The Morgan fingerprint density at radius 2 is 1.83 bits per heavy atom. The first-order valence-electron chi connectivity index (χ1n) is 7.67. The minimum Gasteiger partial charge on any atom is -0.364 e. The van der Waals surface area contributed by atoms with Crippen LogP contribution in [-0.2, 0) is 16.9 Å². The highest BCUT2D eigenvalue weighted by Gasteiger charge is 2.47. The molecule has 2 aromatic carbocycles. The molecule has 0 radical (unpaired) electrons. The molecule has 0 unspecified atom stereocenters. The van der Waals surface area contributed by atoms with E-state index in [0.29, 0.717) is 25.6 Å². The first-order chi connectivity index (χ1) is 11.5. The smallest absolute Gasteiger partial charge is 0.260 e. The zero-order chi connectivity index (χ0) is 16.9. The SMILES string of the molecule is O=C(c1c(F)ccc(F)c1F)N1CC[C@@]2(C1)OCc1ccccc12. The van der Waals surface area contributed by atoms with Gasteiger partial charge in [0, 0.05) is 6.54 Å². The number of hydrogen-bond acceptors (Lipinski definition) is 2. The van der Waals surface area contributed by atoms with Crippen molar-refractivity contribution in [2.24, 2.45) is 0 Å². The lowest BCUT2D eigenvalue weighted by atomic mass is 9.92. The fraction of sp³-hybridized carbons (Fsp3) is 0.278. The lowest BCUT2D eigenvalue weighted by Crippen LogP contribution is -2.35. The fourth-order valence-corrected chi connectivity index (χ4v) is 3.56. The molecule has 1 saturated heterocycles. The predicted octanol–water partition coefficient (Wildman–Crippen LogP) is 3.38. The van der Waals surface area contributed by atoms with Crippen molar-refractivity contribution in [1.82, 2.24) is 4.90 Å². The van der Waals surface area contributed by atoms with Gasteiger partial charge in [0.05, 0.1) is 13.2 Å². The highest BCUT2D eigenvalue weighted by molar-refractivity contribution is 5.95. The molecule has 1 amide bonds. The van der Waals surface area contributed by atoms with Crippen LogP contribution in [0.5, 0.6) is 0 Å². The van der Waals surface area contributed by atoms with Crippen molar-refractivity contribution in [3.8, 4) is 0 Å². The van der Waals surface area contributed by atoms with Crippen LogP contribution in [0.2, 0.25) is 0 Å². The van der Waals surface area contributed by atoms with E-state index >= 15 is 0 Å². The first kappa shape index (κ1) is 15.2. The quantitative estimate of drug-likeness (QED) is 0.749. The number of fused-ring (bicyclic) bond motifs is 2. The van der Waals surface area contributed by atoms with Gasteiger partial charge < -0.3 is 9.64 Å². The van der Waals surface area contributed by atoms with Gasteiger partial charge in [0.15, 0.2) is 11.6 Å². The van der Waals surface area contributed by atoms with E-state index in [0.717, 1.165) is 17.2 Å². The number of ether oxygens (including phenoxy) is 1. The summed E-state index contributed by atoms with van der Waals surface area (Å²) in [6, 6.07) is 9.14. The Morgan fingerprint density at radius 3 is 2.67 bits per heavy atom. The maximum absolute atomic E-state index is 13.9. The number of amides is 1. The maximum atomic E-state index is 13.9. The van der Waals surface area contributed by atoms with E-state index in [4.69, 9.17) is 4.74 Å². The molecule has 2 aliphatic rings. The highest BCUT2D eigenvalue weighted by atomic mass is 19.2. The van der Waals surface area contributed by atoms with Crippen LogP contribution in [0.25, 0.3) is 0 Å². The molecule has 1 atom stereocenters. The van der Waals surface area contributed by atoms with Gasteiger partial charge in [-0.05, 0) is 29.7 Å². The maximum Gasteiger partial charge on any atom is 0.260 e. The summed E-state index contributed by atoms with van der Waals surface area (Å²) in [6.07, 6.45) is 0.536. The van der Waals surface area contributed by atoms with Crippen LogP contribution in [0.15, 0.2) is 36.4 Å². The van der Waals surface area contributed by atoms with Crippen LogP contribution < -0.4 is 0 Å². The van der Waals surface area contributed by atoms with Gasteiger partial charge in [-0.3, -0.25) is 4.79 Å². The van der Waals surface area contributed by atoms with Crippen molar-refractivity contribution < 1.29 is 22.7 Å². The largest absolute Gasteiger partial charge is 0.364 e. The summed E-state index contributed by atoms with van der Waals surface area (Å²) in [7, 11) is 0. The van der Waals surface area contributed by atoms with Gasteiger partial charge in [-0.25, -0.2) is 13.2 Å². The summed E-state index contributed by atoms with van der Waals surface area (Å²) < 4.78 is 47.0. The van der Waals surface area contributed by atoms with Gasteiger partial charge in [-0.2, -0.15) is 0 Å². The number of likely N-dealkylation sites (tertiary alicyclic amines) is 1. The molecule has 1 spiro atoms. The standard InChI is InChI=1S/C18H14F3NO2/c19-13-5-6-14(20)16(21)15(13)17(23)22-8-7-18(10-22)12-4-2-1-3-11(12)9-24-18/h1-6H,7-10H2/t18-/m0/s1. The van der Waals surface area contributed by atoms with E-state index < -0.39 is 34.5 Å². The first-order valence-corrected chi connectivity index (χ1v) is 7.67. The second kappa shape index (κ2) is 5.34. The number of halogens is 3. The van der Waals surface area contributed by atoms with E-state index in [1.165, 1.54) is 4.90 Å². The number of nitrogens with zero attached hydrogens (tertiary/aromatic N) is 1. The number of rotatable bonds is 1. The van der Waals surface area contributed by atoms with E-state index in [2.05, 4.69) is 0 Å². The summed E-state index contributed by atoms with van der Waals surface area (Å²) in [5, 5.41) is 0. The molecule has 0 N–H and O–H groups in total. The molecule has 0 aromatic heterocycles. The third-order valence-electron chi connectivity index (χ3n) is 4.79. The molecule has 0 bridgehead atoms. The van der Waals surface area contributed by atoms with Crippen molar-refractivity contribution in [1.29, 1.82) is 0 Å². The third kappa shape index (κ3) is 2.13. The van der Waals surface area contributed by atoms with Crippen molar-refractivity contribution in [3.05, 3.63) is 70.5 Å². The summed E-state index contributed by atoms with van der Waals surface area (Å²) >= 11 is 0. The van der Waals surface area contributed by atoms with Gasteiger partial charge in [-0.15, -0.1) is 0 Å².